The van der Waals surface area contributed by atoms with Gasteiger partial charge in [-0.15, -0.1) is 0 Å². The molecule has 0 spiro atoms. The monoisotopic (exact) mass is 323 g/mol. The molecule has 0 saturated heterocycles. The summed E-state index contributed by atoms with van der Waals surface area (Å²) in [7, 11) is -3.55. The number of nitrogens with zero attached hydrogens (tertiary/aromatic N) is 3. The van der Waals surface area contributed by atoms with Crippen molar-refractivity contribution in [1.29, 1.82) is 0 Å². The van der Waals surface area contributed by atoms with Gasteiger partial charge in [0.2, 0.25) is 15.9 Å². The summed E-state index contributed by atoms with van der Waals surface area (Å²) < 4.78 is 28.3. The van der Waals surface area contributed by atoms with Crippen molar-refractivity contribution in [3.63, 3.8) is 0 Å². The number of aryl methyl sites for hydroxylation is 1. The van der Waals surface area contributed by atoms with Crippen LogP contribution in [0.2, 0.25) is 0 Å². The second kappa shape index (κ2) is 7.14. The summed E-state index contributed by atoms with van der Waals surface area (Å²) in [6.45, 7) is 2.28. The Balaban J connectivity index is 1.88. The van der Waals surface area contributed by atoms with Gasteiger partial charge in [0.25, 0.3) is 0 Å². The molecule has 1 aromatic heterocycles. The van der Waals surface area contributed by atoms with Gasteiger partial charge in [-0.25, -0.2) is 18.1 Å². The highest BCUT2D eigenvalue weighted by molar-refractivity contribution is 7.89. The summed E-state index contributed by atoms with van der Waals surface area (Å²) >= 11 is 0. The molecule has 1 amide bonds. The van der Waals surface area contributed by atoms with Crippen LogP contribution < -0.4 is 10.0 Å². The van der Waals surface area contributed by atoms with Crippen LogP contribution in [-0.4, -0.2) is 35.6 Å². The van der Waals surface area contributed by atoms with Gasteiger partial charge in [-0.2, -0.15) is 5.10 Å². The van der Waals surface area contributed by atoms with Gasteiger partial charge in [0, 0.05) is 25.7 Å². The zero-order valence-corrected chi connectivity index (χ0v) is 12.9. The van der Waals surface area contributed by atoms with E-state index in [4.69, 9.17) is 0 Å². The van der Waals surface area contributed by atoms with Crippen molar-refractivity contribution < 1.29 is 13.2 Å². The Hall–Kier alpha value is -2.26. The van der Waals surface area contributed by atoms with E-state index in [2.05, 4.69) is 20.1 Å². The Labute approximate surface area is 128 Å². The molecule has 2 rings (SSSR count). The lowest BCUT2D eigenvalue weighted by Gasteiger charge is -2.08. The molecule has 2 N–H and O–H groups in total. The number of carbonyl (C=O) groups is 1. The molecule has 9 heteroatoms. The number of aromatic nitrogens is 3. The van der Waals surface area contributed by atoms with Crippen molar-refractivity contribution in [3.8, 4) is 0 Å². The quantitative estimate of drug-likeness (QED) is 0.726. The van der Waals surface area contributed by atoms with Crippen LogP contribution in [0.15, 0.2) is 41.8 Å². The summed E-state index contributed by atoms with van der Waals surface area (Å²) in [5.41, 5.74) is 0.553. The Morgan fingerprint density at radius 1 is 1.27 bits per heavy atom. The molecule has 1 aromatic carbocycles. The molecule has 22 heavy (non-hydrogen) atoms. The van der Waals surface area contributed by atoms with Crippen LogP contribution >= 0.6 is 0 Å². The van der Waals surface area contributed by atoms with Crippen LogP contribution in [0.25, 0.3) is 0 Å². The topological polar surface area (TPSA) is 106 Å². The van der Waals surface area contributed by atoms with E-state index < -0.39 is 10.0 Å². The number of rotatable bonds is 7. The van der Waals surface area contributed by atoms with Gasteiger partial charge >= 0.3 is 0 Å². The molecular formula is C13H17N5O3S. The fourth-order valence-electron chi connectivity index (χ4n) is 1.80. The van der Waals surface area contributed by atoms with Crippen molar-refractivity contribution in [2.75, 3.05) is 11.9 Å². The lowest BCUT2D eigenvalue weighted by atomic mass is 10.3. The molecule has 1 heterocycles. The Morgan fingerprint density at radius 3 is 2.59 bits per heavy atom. The molecule has 2 aromatic rings. The predicted molar refractivity (Wildman–Crippen MR) is 80.6 cm³/mol. The maximum atomic E-state index is 12.1. The lowest BCUT2D eigenvalue weighted by Crippen LogP contribution is -2.25. The number of hydrogen-bond acceptors (Lipinski definition) is 5. The summed E-state index contributed by atoms with van der Waals surface area (Å²) in [6.07, 6.45) is 3.61. The highest BCUT2D eigenvalue weighted by Gasteiger charge is 2.13. The minimum atomic E-state index is -3.55. The van der Waals surface area contributed by atoms with E-state index in [-0.39, 0.29) is 10.8 Å². The van der Waals surface area contributed by atoms with Gasteiger partial charge in [-0.05, 0) is 30.7 Å². The third kappa shape index (κ3) is 4.64. The third-order valence-corrected chi connectivity index (χ3v) is 4.28. The predicted octanol–water partition coefficient (Wildman–Crippen LogP) is 0.605. The normalized spacial score (nSPS) is 11.3. The van der Waals surface area contributed by atoms with Gasteiger partial charge in [-0.3, -0.25) is 9.48 Å². The summed E-state index contributed by atoms with van der Waals surface area (Å²) in [4.78, 5) is 14.9. The van der Waals surface area contributed by atoms with Gasteiger partial charge in [-0.1, -0.05) is 0 Å². The maximum Gasteiger partial charge on any atom is 0.240 e. The van der Waals surface area contributed by atoms with Gasteiger partial charge < -0.3 is 5.32 Å². The fraction of sp³-hybridized carbons (Fsp3) is 0.308. The molecule has 0 aliphatic rings. The van der Waals surface area contributed by atoms with E-state index >= 15 is 0 Å². The number of hydrogen-bond donors (Lipinski definition) is 2. The Morgan fingerprint density at radius 2 is 2.00 bits per heavy atom. The van der Waals surface area contributed by atoms with E-state index in [9.17, 15) is 13.2 Å². The van der Waals surface area contributed by atoms with Crippen LogP contribution in [0.3, 0.4) is 0 Å². The number of sulfonamides is 1. The van der Waals surface area contributed by atoms with Crippen LogP contribution in [-0.2, 0) is 21.4 Å². The summed E-state index contributed by atoms with van der Waals surface area (Å²) in [5, 5.41) is 6.52. The molecule has 0 aliphatic carbocycles. The van der Waals surface area contributed by atoms with Crippen molar-refractivity contribution in [2.24, 2.45) is 0 Å². The highest BCUT2D eigenvalue weighted by atomic mass is 32.2. The first kappa shape index (κ1) is 16.1. The van der Waals surface area contributed by atoms with Crippen molar-refractivity contribution in [1.82, 2.24) is 19.5 Å². The van der Waals surface area contributed by atoms with E-state index in [1.807, 2.05) is 0 Å². The van der Waals surface area contributed by atoms with Crippen molar-refractivity contribution >= 4 is 21.6 Å². The minimum Gasteiger partial charge on any atom is -0.326 e. The Bertz CT molecular complexity index is 711. The second-order valence-corrected chi connectivity index (χ2v) is 6.38. The first-order valence-corrected chi connectivity index (χ1v) is 8.15. The SMILES string of the molecule is CC(=O)Nc1ccc(S(=O)(=O)NCCCn2cncn2)cc1. The number of amides is 1. The summed E-state index contributed by atoms with van der Waals surface area (Å²) in [5.74, 6) is -0.207. The molecule has 118 valence electrons. The largest absolute Gasteiger partial charge is 0.326 e. The molecule has 0 aliphatic heterocycles. The fourth-order valence-corrected chi connectivity index (χ4v) is 2.87. The Kier molecular flexibility index (Phi) is 5.23. The van der Waals surface area contributed by atoms with Gasteiger partial charge in [0.1, 0.15) is 12.7 Å². The van der Waals surface area contributed by atoms with E-state index in [1.165, 1.54) is 25.4 Å². The molecule has 0 radical (unpaired) electrons. The van der Waals surface area contributed by atoms with Crippen LogP contribution in [0, 0.1) is 0 Å². The van der Waals surface area contributed by atoms with E-state index in [0.29, 0.717) is 25.2 Å². The number of anilines is 1. The number of nitrogens with one attached hydrogen (secondary N) is 2. The molecule has 0 bridgehead atoms. The highest BCUT2D eigenvalue weighted by Crippen LogP contribution is 2.13. The molecule has 8 nitrogen and oxygen atoms in total. The van der Waals surface area contributed by atoms with Crippen molar-refractivity contribution in [3.05, 3.63) is 36.9 Å². The van der Waals surface area contributed by atoms with Crippen molar-refractivity contribution in [2.45, 2.75) is 24.8 Å². The number of carbonyl (C=O) groups excluding carboxylic acids is 1. The zero-order valence-electron chi connectivity index (χ0n) is 12.1. The second-order valence-electron chi connectivity index (χ2n) is 4.62. The zero-order chi connectivity index (χ0) is 16.0. The van der Waals surface area contributed by atoms with Crippen LogP contribution in [0.5, 0.6) is 0 Å². The van der Waals surface area contributed by atoms with Gasteiger partial charge in [0.15, 0.2) is 0 Å². The van der Waals surface area contributed by atoms with Gasteiger partial charge in [0.05, 0.1) is 4.90 Å². The molecule has 0 saturated carbocycles. The molecule has 0 unspecified atom stereocenters. The first-order chi connectivity index (χ1) is 10.5. The smallest absolute Gasteiger partial charge is 0.240 e. The average Bonchev–Trinajstić information content (AvgIpc) is 2.97. The lowest BCUT2D eigenvalue weighted by molar-refractivity contribution is -0.114. The number of benzene rings is 1. The van der Waals surface area contributed by atoms with Crippen LogP contribution in [0.4, 0.5) is 5.69 Å². The molecule has 0 atom stereocenters. The molecule has 0 fully saturated rings. The maximum absolute atomic E-state index is 12.1. The third-order valence-electron chi connectivity index (χ3n) is 2.81. The first-order valence-electron chi connectivity index (χ1n) is 6.67. The average molecular weight is 323 g/mol. The van der Waals surface area contributed by atoms with Crippen LogP contribution in [0.1, 0.15) is 13.3 Å². The molecular weight excluding hydrogens is 306 g/mol. The standard InChI is InChI=1S/C13H17N5O3S/c1-11(19)17-12-3-5-13(6-4-12)22(20,21)16-7-2-8-18-10-14-9-15-18/h3-6,9-10,16H,2,7-8H2,1H3,(H,17,19). The minimum absolute atomic E-state index is 0.155. The summed E-state index contributed by atoms with van der Waals surface area (Å²) in [6, 6.07) is 5.99. The van der Waals surface area contributed by atoms with E-state index in [1.54, 1.807) is 23.1 Å². The van der Waals surface area contributed by atoms with E-state index in [0.717, 1.165) is 0 Å².